The predicted molar refractivity (Wildman–Crippen MR) is 86.5 cm³/mol. The Bertz CT molecular complexity index is 612. The molecule has 0 N–H and O–H groups in total. The van der Waals surface area contributed by atoms with Crippen LogP contribution in [0.5, 0.6) is 0 Å². The third-order valence-electron chi connectivity index (χ3n) is 4.12. The molecule has 3 heteroatoms. The minimum atomic E-state index is -0.0304. The van der Waals surface area contributed by atoms with Crippen molar-refractivity contribution in [1.29, 1.82) is 0 Å². The van der Waals surface area contributed by atoms with Crippen LogP contribution >= 0.6 is 0 Å². The normalized spacial score (nSPS) is 21.6. The van der Waals surface area contributed by atoms with Gasteiger partial charge in [-0.3, -0.25) is 4.79 Å². The van der Waals surface area contributed by atoms with Crippen LogP contribution in [0.25, 0.3) is 0 Å². The van der Waals surface area contributed by atoms with Crippen LogP contribution in [0.2, 0.25) is 0 Å². The van der Waals surface area contributed by atoms with E-state index in [4.69, 9.17) is 4.74 Å². The Balaban J connectivity index is 1.70. The van der Waals surface area contributed by atoms with Gasteiger partial charge in [0.1, 0.15) is 6.10 Å². The minimum absolute atomic E-state index is 0.0304. The fraction of sp³-hybridized carbons (Fsp3) is 0.316. The van der Waals surface area contributed by atoms with Crippen molar-refractivity contribution >= 4 is 5.91 Å². The number of carbonyl (C=O) groups excluding carboxylic acids is 1. The van der Waals surface area contributed by atoms with Gasteiger partial charge < -0.3 is 9.64 Å². The standard InChI is InChI=1S/C19H21NO2/c1-15-14-22-18(17-10-6-3-7-11-17)13-20(15)19(21)12-16-8-4-2-5-9-16/h2-11,15,18H,12-14H2,1H3. The monoisotopic (exact) mass is 295 g/mol. The molecular formula is C19H21NO2. The first-order valence-corrected chi connectivity index (χ1v) is 7.74. The molecule has 1 amide bonds. The molecular weight excluding hydrogens is 274 g/mol. The molecule has 0 spiro atoms. The minimum Gasteiger partial charge on any atom is -0.370 e. The lowest BCUT2D eigenvalue weighted by Gasteiger charge is -2.38. The number of ether oxygens (including phenoxy) is 1. The highest BCUT2D eigenvalue weighted by atomic mass is 16.5. The van der Waals surface area contributed by atoms with Gasteiger partial charge in [0.05, 0.1) is 25.6 Å². The van der Waals surface area contributed by atoms with Crippen LogP contribution in [0.1, 0.15) is 24.2 Å². The first-order chi connectivity index (χ1) is 10.7. The Hall–Kier alpha value is -2.13. The van der Waals surface area contributed by atoms with E-state index in [1.54, 1.807) is 0 Å². The van der Waals surface area contributed by atoms with Crippen molar-refractivity contribution in [2.75, 3.05) is 13.2 Å². The van der Waals surface area contributed by atoms with Crippen molar-refractivity contribution in [3.8, 4) is 0 Å². The highest BCUT2D eigenvalue weighted by Crippen LogP contribution is 2.25. The van der Waals surface area contributed by atoms with Crippen molar-refractivity contribution in [2.45, 2.75) is 25.5 Å². The van der Waals surface area contributed by atoms with Crippen LogP contribution in [-0.2, 0) is 16.0 Å². The van der Waals surface area contributed by atoms with Gasteiger partial charge in [-0.1, -0.05) is 60.7 Å². The van der Waals surface area contributed by atoms with E-state index in [1.807, 2.05) is 60.4 Å². The number of morpholine rings is 1. The van der Waals surface area contributed by atoms with Gasteiger partial charge in [0.2, 0.25) is 5.91 Å². The number of amides is 1. The average Bonchev–Trinajstić information content (AvgIpc) is 2.57. The van der Waals surface area contributed by atoms with Crippen LogP contribution < -0.4 is 0 Å². The van der Waals surface area contributed by atoms with Crippen LogP contribution in [0, 0.1) is 0 Å². The third-order valence-corrected chi connectivity index (χ3v) is 4.12. The smallest absolute Gasteiger partial charge is 0.227 e. The largest absolute Gasteiger partial charge is 0.370 e. The van der Waals surface area contributed by atoms with Gasteiger partial charge >= 0.3 is 0 Å². The Morgan fingerprint density at radius 1 is 1.09 bits per heavy atom. The molecule has 22 heavy (non-hydrogen) atoms. The van der Waals surface area contributed by atoms with Crippen LogP contribution in [0.15, 0.2) is 60.7 Å². The maximum Gasteiger partial charge on any atom is 0.227 e. The number of rotatable bonds is 3. The highest BCUT2D eigenvalue weighted by molar-refractivity contribution is 5.79. The molecule has 1 aliphatic heterocycles. The van der Waals surface area contributed by atoms with E-state index in [9.17, 15) is 4.79 Å². The Kier molecular flexibility index (Phi) is 4.54. The fourth-order valence-electron chi connectivity index (χ4n) is 2.85. The lowest BCUT2D eigenvalue weighted by Crippen LogP contribution is -2.48. The molecule has 3 nitrogen and oxygen atoms in total. The second-order valence-electron chi connectivity index (χ2n) is 5.79. The molecule has 114 valence electrons. The summed E-state index contributed by atoms with van der Waals surface area (Å²) in [6.45, 7) is 3.25. The molecule has 2 aromatic rings. The summed E-state index contributed by atoms with van der Waals surface area (Å²) < 4.78 is 5.91. The molecule has 1 saturated heterocycles. The molecule has 1 fully saturated rings. The predicted octanol–water partition coefficient (Wildman–Crippen LogP) is 3.22. The van der Waals surface area contributed by atoms with Crippen molar-refractivity contribution in [3.05, 3.63) is 71.8 Å². The van der Waals surface area contributed by atoms with E-state index in [0.717, 1.165) is 11.1 Å². The van der Waals surface area contributed by atoms with Gasteiger partial charge in [-0.05, 0) is 18.1 Å². The van der Waals surface area contributed by atoms with E-state index in [-0.39, 0.29) is 18.1 Å². The van der Waals surface area contributed by atoms with Gasteiger partial charge in [0.25, 0.3) is 0 Å². The maximum atomic E-state index is 12.6. The summed E-state index contributed by atoms with van der Waals surface area (Å²) >= 11 is 0. The van der Waals surface area contributed by atoms with Crippen LogP contribution in [0.4, 0.5) is 0 Å². The zero-order valence-electron chi connectivity index (χ0n) is 12.8. The van der Waals surface area contributed by atoms with Crippen molar-refractivity contribution < 1.29 is 9.53 Å². The first-order valence-electron chi connectivity index (χ1n) is 7.74. The van der Waals surface area contributed by atoms with Gasteiger partial charge in [0, 0.05) is 0 Å². The number of benzene rings is 2. The number of nitrogens with zero attached hydrogens (tertiary/aromatic N) is 1. The average molecular weight is 295 g/mol. The molecule has 0 bridgehead atoms. The van der Waals surface area contributed by atoms with Gasteiger partial charge in [-0.15, -0.1) is 0 Å². The second-order valence-corrected chi connectivity index (χ2v) is 5.79. The van der Waals surface area contributed by atoms with Gasteiger partial charge in [-0.2, -0.15) is 0 Å². The summed E-state index contributed by atoms with van der Waals surface area (Å²) in [5.41, 5.74) is 2.19. The molecule has 1 heterocycles. The van der Waals surface area contributed by atoms with E-state index in [1.165, 1.54) is 0 Å². The quantitative estimate of drug-likeness (QED) is 0.870. The lowest BCUT2D eigenvalue weighted by molar-refractivity contribution is -0.143. The molecule has 1 aliphatic rings. The second kappa shape index (κ2) is 6.75. The van der Waals surface area contributed by atoms with Crippen LogP contribution in [-0.4, -0.2) is 30.0 Å². The van der Waals surface area contributed by atoms with E-state index >= 15 is 0 Å². The zero-order valence-corrected chi connectivity index (χ0v) is 12.8. The molecule has 2 unspecified atom stereocenters. The summed E-state index contributed by atoms with van der Waals surface area (Å²) in [6.07, 6.45) is 0.421. The summed E-state index contributed by atoms with van der Waals surface area (Å²) in [5, 5.41) is 0. The fourth-order valence-corrected chi connectivity index (χ4v) is 2.85. The van der Waals surface area contributed by atoms with E-state index in [2.05, 4.69) is 12.1 Å². The van der Waals surface area contributed by atoms with E-state index < -0.39 is 0 Å². The number of carbonyl (C=O) groups is 1. The van der Waals surface area contributed by atoms with Crippen molar-refractivity contribution in [3.63, 3.8) is 0 Å². The summed E-state index contributed by atoms with van der Waals surface area (Å²) in [5.74, 6) is 0.169. The highest BCUT2D eigenvalue weighted by Gasteiger charge is 2.30. The Morgan fingerprint density at radius 3 is 2.41 bits per heavy atom. The first kappa shape index (κ1) is 14.8. The van der Waals surface area contributed by atoms with Crippen molar-refractivity contribution in [2.24, 2.45) is 0 Å². The Morgan fingerprint density at radius 2 is 1.73 bits per heavy atom. The zero-order chi connectivity index (χ0) is 15.4. The molecule has 3 rings (SSSR count). The number of hydrogen-bond donors (Lipinski definition) is 0. The summed E-state index contributed by atoms with van der Waals surface area (Å²) in [6, 6.07) is 20.1. The number of hydrogen-bond acceptors (Lipinski definition) is 2. The molecule has 2 aromatic carbocycles. The van der Waals surface area contributed by atoms with Crippen LogP contribution in [0.3, 0.4) is 0 Å². The van der Waals surface area contributed by atoms with Gasteiger partial charge in [-0.25, -0.2) is 0 Å². The van der Waals surface area contributed by atoms with Gasteiger partial charge in [0.15, 0.2) is 0 Å². The summed E-state index contributed by atoms with van der Waals surface area (Å²) in [7, 11) is 0. The molecule has 2 atom stereocenters. The lowest BCUT2D eigenvalue weighted by atomic mass is 10.0. The third kappa shape index (κ3) is 3.37. The Labute approximate surface area is 131 Å². The SMILES string of the molecule is CC1COC(c2ccccc2)CN1C(=O)Cc1ccccc1. The van der Waals surface area contributed by atoms with E-state index in [0.29, 0.717) is 19.6 Å². The van der Waals surface area contributed by atoms with Crippen molar-refractivity contribution in [1.82, 2.24) is 4.90 Å². The maximum absolute atomic E-state index is 12.6. The topological polar surface area (TPSA) is 29.5 Å². The molecule has 0 radical (unpaired) electrons. The molecule has 0 aliphatic carbocycles. The summed E-state index contributed by atoms with van der Waals surface area (Å²) in [4.78, 5) is 14.6. The molecule has 0 saturated carbocycles. The molecule has 0 aromatic heterocycles.